The molecule has 0 aromatic rings. The zero-order valence-corrected chi connectivity index (χ0v) is 13.0. The Labute approximate surface area is 127 Å². The number of ether oxygens (including phenoxy) is 1. The van der Waals surface area contributed by atoms with Gasteiger partial charge in [-0.25, -0.2) is 0 Å². The van der Waals surface area contributed by atoms with E-state index in [0.717, 1.165) is 25.2 Å². The number of nitrogens with one attached hydrogen (secondary N) is 1. The number of carbonyl (C=O) groups excluding carboxylic acids is 1. The first-order valence-corrected chi connectivity index (χ1v) is 8.75. The van der Waals surface area contributed by atoms with E-state index in [0.29, 0.717) is 25.6 Å². The Balaban J connectivity index is 1.53. The molecule has 2 saturated carbocycles. The number of amides is 1. The molecule has 1 amide bonds. The van der Waals surface area contributed by atoms with Gasteiger partial charge >= 0.3 is 0 Å². The van der Waals surface area contributed by atoms with Crippen LogP contribution >= 0.6 is 0 Å². The fourth-order valence-electron chi connectivity index (χ4n) is 4.37. The van der Waals surface area contributed by atoms with Crippen molar-refractivity contribution in [3.05, 3.63) is 0 Å². The SMILES string of the molecule is O=C(NC1(CCO)CCOCC1)[C@H]1C[C@H]1C1CCCCC1. The Bertz CT molecular complexity index is 354. The van der Waals surface area contributed by atoms with E-state index in [4.69, 9.17) is 4.74 Å². The molecule has 0 spiro atoms. The lowest BCUT2D eigenvalue weighted by molar-refractivity contribution is -0.126. The van der Waals surface area contributed by atoms with Crippen LogP contribution in [0.3, 0.4) is 0 Å². The highest BCUT2D eigenvalue weighted by Gasteiger charge is 2.49. The standard InChI is InChI=1S/C17H29NO3/c19-9-6-17(7-10-21-11-8-17)18-16(20)15-12-14(15)13-4-2-1-3-5-13/h13-15,19H,1-12H2,(H,18,20)/t14-,15-/m0/s1. The summed E-state index contributed by atoms with van der Waals surface area (Å²) in [4.78, 5) is 12.6. The molecule has 3 fully saturated rings. The minimum atomic E-state index is -0.218. The summed E-state index contributed by atoms with van der Waals surface area (Å²) in [6.45, 7) is 1.52. The summed E-state index contributed by atoms with van der Waals surface area (Å²) in [5.41, 5.74) is -0.218. The summed E-state index contributed by atoms with van der Waals surface area (Å²) in [6.07, 6.45) is 10.1. The van der Waals surface area contributed by atoms with E-state index in [1.165, 1.54) is 32.1 Å². The molecular weight excluding hydrogens is 266 g/mol. The van der Waals surface area contributed by atoms with Crippen LogP contribution in [-0.4, -0.2) is 36.4 Å². The van der Waals surface area contributed by atoms with E-state index >= 15 is 0 Å². The molecule has 0 bridgehead atoms. The van der Waals surface area contributed by atoms with Gasteiger partial charge in [-0.3, -0.25) is 4.79 Å². The van der Waals surface area contributed by atoms with Gasteiger partial charge in [-0.05, 0) is 37.5 Å². The third-order valence-electron chi connectivity index (χ3n) is 5.86. The Kier molecular flexibility index (Phi) is 4.85. The Morgan fingerprint density at radius 3 is 2.57 bits per heavy atom. The van der Waals surface area contributed by atoms with Gasteiger partial charge in [-0.2, -0.15) is 0 Å². The van der Waals surface area contributed by atoms with Crippen molar-refractivity contribution in [3.63, 3.8) is 0 Å². The summed E-state index contributed by atoms with van der Waals surface area (Å²) >= 11 is 0. The van der Waals surface area contributed by atoms with Crippen LogP contribution < -0.4 is 5.32 Å². The van der Waals surface area contributed by atoms with Crippen LogP contribution in [0.25, 0.3) is 0 Å². The Hall–Kier alpha value is -0.610. The molecule has 3 rings (SSSR count). The maximum absolute atomic E-state index is 12.6. The van der Waals surface area contributed by atoms with Crippen LogP contribution in [0, 0.1) is 17.8 Å². The summed E-state index contributed by atoms with van der Waals surface area (Å²) in [6, 6.07) is 0. The molecule has 2 atom stereocenters. The highest BCUT2D eigenvalue weighted by atomic mass is 16.5. The average Bonchev–Trinajstić information content (AvgIpc) is 3.30. The number of hydrogen-bond acceptors (Lipinski definition) is 3. The molecule has 1 heterocycles. The van der Waals surface area contributed by atoms with Crippen molar-refractivity contribution in [3.8, 4) is 0 Å². The van der Waals surface area contributed by atoms with Crippen LogP contribution in [0.1, 0.15) is 57.8 Å². The van der Waals surface area contributed by atoms with Crippen LogP contribution in [0.5, 0.6) is 0 Å². The molecule has 3 aliphatic rings. The molecule has 1 saturated heterocycles. The van der Waals surface area contributed by atoms with Gasteiger partial charge < -0.3 is 15.2 Å². The first kappa shape index (κ1) is 15.3. The first-order valence-electron chi connectivity index (χ1n) is 8.75. The smallest absolute Gasteiger partial charge is 0.223 e. The maximum Gasteiger partial charge on any atom is 0.223 e. The lowest BCUT2D eigenvalue weighted by atomic mass is 9.84. The largest absolute Gasteiger partial charge is 0.396 e. The fraction of sp³-hybridized carbons (Fsp3) is 0.941. The van der Waals surface area contributed by atoms with Gasteiger partial charge in [-0.1, -0.05) is 32.1 Å². The van der Waals surface area contributed by atoms with Crippen molar-refractivity contribution < 1.29 is 14.6 Å². The lowest BCUT2D eigenvalue weighted by Gasteiger charge is -2.38. The fourth-order valence-corrected chi connectivity index (χ4v) is 4.37. The van der Waals surface area contributed by atoms with Gasteiger partial charge in [-0.15, -0.1) is 0 Å². The van der Waals surface area contributed by atoms with Gasteiger partial charge in [0.15, 0.2) is 0 Å². The second kappa shape index (κ2) is 6.66. The van der Waals surface area contributed by atoms with E-state index in [9.17, 15) is 9.90 Å². The molecule has 0 aromatic heterocycles. The second-order valence-electron chi connectivity index (χ2n) is 7.26. The van der Waals surface area contributed by atoms with Crippen LogP contribution in [0.4, 0.5) is 0 Å². The quantitative estimate of drug-likeness (QED) is 0.818. The third-order valence-corrected chi connectivity index (χ3v) is 5.86. The highest BCUT2D eigenvalue weighted by Crippen LogP contribution is 2.49. The summed E-state index contributed by atoms with van der Waals surface area (Å²) in [5.74, 6) is 1.90. The van der Waals surface area contributed by atoms with Gasteiger partial charge in [0.2, 0.25) is 5.91 Å². The highest BCUT2D eigenvalue weighted by molar-refractivity contribution is 5.82. The van der Waals surface area contributed by atoms with Crippen LogP contribution in [0.2, 0.25) is 0 Å². The summed E-state index contributed by atoms with van der Waals surface area (Å²) in [7, 11) is 0. The van der Waals surface area contributed by atoms with E-state index < -0.39 is 0 Å². The molecular formula is C17H29NO3. The van der Waals surface area contributed by atoms with E-state index in [-0.39, 0.29) is 24.0 Å². The van der Waals surface area contributed by atoms with Gasteiger partial charge in [0.1, 0.15) is 0 Å². The van der Waals surface area contributed by atoms with Crippen LogP contribution in [-0.2, 0) is 9.53 Å². The number of aliphatic hydroxyl groups is 1. The topological polar surface area (TPSA) is 58.6 Å². The Morgan fingerprint density at radius 2 is 1.90 bits per heavy atom. The van der Waals surface area contributed by atoms with Crippen molar-refractivity contribution in [2.75, 3.05) is 19.8 Å². The van der Waals surface area contributed by atoms with Gasteiger partial charge in [0.25, 0.3) is 0 Å². The summed E-state index contributed by atoms with van der Waals surface area (Å²) in [5, 5.41) is 12.6. The van der Waals surface area contributed by atoms with Gasteiger partial charge in [0.05, 0.1) is 0 Å². The molecule has 0 unspecified atom stereocenters. The predicted molar refractivity (Wildman–Crippen MR) is 80.8 cm³/mol. The van der Waals surface area contributed by atoms with Gasteiger partial charge in [0, 0.05) is 31.3 Å². The monoisotopic (exact) mass is 295 g/mol. The molecule has 1 aliphatic heterocycles. The number of carbonyl (C=O) groups is 1. The van der Waals surface area contributed by atoms with Crippen LogP contribution in [0.15, 0.2) is 0 Å². The third kappa shape index (κ3) is 3.59. The lowest BCUT2D eigenvalue weighted by Crippen LogP contribution is -2.53. The molecule has 2 aliphatic carbocycles. The Morgan fingerprint density at radius 1 is 1.19 bits per heavy atom. The zero-order chi connectivity index (χ0) is 14.7. The van der Waals surface area contributed by atoms with E-state index in [1.54, 1.807) is 0 Å². The number of aliphatic hydroxyl groups excluding tert-OH is 1. The average molecular weight is 295 g/mol. The minimum absolute atomic E-state index is 0.136. The predicted octanol–water partition coefficient (Wildman–Crippen LogP) is 2.25. The first-order chi connectivity index (χ1) is 10.2. The van der Waals surface area contributed by atoms with E-state index in [1.807, 2.05) is 0 Å². The number of rotatable bonds is 5. The summed E-state index contributed by atoms with van der Waals surface area (Å²) < 4.78 is 5.41. The van der Waals surface area contributed by atoms with Crippen molar-refractivity contribution in [1.82, 2.24) is 5.32 Å². The molecule has 4 nitrogen and oxygen atoms in total. The molecule has 21 heavy (non-hydrogen) atoms. The second-order valence-corrected chi connectivity index (χ2v) is 7.26. The molecule has 0 radical (unpaired) electrons. The molecule has 0 aromatic carbocycles. The zero-order valence-electron chi connectivity index (χ0n) is 13.0. The number of hydrogen-bond donors (Lipinski definition) is 2. The molecule has 2 N–H and O–H groups in total. The van der Waals surface area contributed by atoms with Crippen molar-refractivity contribution >= 4 is 5.91 Å². The molecule has 4 heteroatoms. The van der Waals surface area contributed by atoms with Crippen molar-refractivity contribution in [1.29, 1.82) is 0 Å². The minimum Gasteiger partial charge on any atom is -0.396 e. The molecule has 120 valence electrons. The van der Waals surface area contributed by atoms with Crippen molar-refractivity contribution in [2.45, 2.75) is 63.3 Å². The van der Waals surface area contributed by atoms with Crippen molar-refractivity contribution in [2.24, 2.45) is 17.8 Å². The van der Waals surface area contributed by atoms with E-state index in [2.05, 4.69) is 5.32 Å². The maximum atomic E-state index is 12.6. The normalized spacial score (nSPS) is 32.6.